The molecular weight excluding hydrogens is 384 g/mol. The summed E-state index contributed by atoms with van der Waals surface area (Å²) in [5.41, 5.74) is 4.96. The molecule has 0 fully saturated rings. The van der Waals surface area contributed by atoms with Crippen LogP contribution in [0.2, 0.25) is 0 Å². The average Bonchev–Trinajstić information content (AvgIpc) is 3.28. The Labute approximate surface area is 182 Å². The number of rotatable bonds is 6. The van der Waals surface area contributed by atoms with Crippen LogP contribution < -0.4 is 5.32 Å². The van der Waals surface area contributed by atoms with Gasteiger partial charge in [-0.15, -0.1) is 0 Å². The lowest BCUT2D eigenvalue weighted by molar-refractivity contribution is 0.0685. The largest absolute Gasteiger partial charge is 0.361 e. The number of benzene rings is 3. The number of para-hydroxylation sites is 1. The van der Waals surface area contributed by atoms with Gasteiger partial charge in [-0.2, -0.15) is 5.10 Å². The summed E-state index contributed by atoms with van der Waals surface area (Å²) in [4.78, 5) is 15.3. The van der Waals surface area contributed by atoms with Crippen molar-refractivity contribution in [3.05, 3.63) is 120 Å². The SMILES string of the molecule is O=C1c2ccccc2N[C@@H](c2cnn(Cc3ccccc3)c2)N1CCc1ccccc1. The van der Waals surface area contributed by atoms with Crippen molar-refractivity contribution < 1.29 is 4.79 Å². The molecular formula is C26H24N4O. The highest BCUT2D eigenvalue weighted by atomic mass is 16.2. The molecule has 3 aromatic carbocycles. The second kappa shape index (κ2) is 8.48. The first kappa shape index (κ1) is 19.1. The van der Waals surface area contributed by atoms with Crippen molar-refractivity contribution in [2.24, 2.45) is 0 Å². The van der Waals surface area contributed by atoms with Gasteiger partial charge in [0.15, 0.2) is 0 Å². The lowest BCUT2D eigenvalue weighted by Crippen LogP contribution is -2.43. The third-order valence-corrected chi connectivity index (χ3v) is 5.66. The molecule has 0 spiro atoms. The fraction of sp³-hybridized carbons (Fsp3) is 0.154. The van der Waals surface area contributed by atoms with Crippen LogP contribution in [0.5, 0.6) is 0 Å². The van der Waals surface area contributed by atoms with Crippen molar-refractivity contribution >= 4 is 11.6 Å². The van der Waals surface area contributed by atoms with Gasteiger partial charge in [0.1, 0.15) is 6.17 Å². The molecule has 0 unspecified atom stereocenters. The van der Waals surface area contributed by atoms with E-state index in [0.29, 0.717) is 18.7 Å². The highest BCUT2D eigenvalue weighted by molar-refractivity contribution is 6.01. The van der Waals surface area contributed by atoms with E-state index in [1.165, 1.54) is 11.1 Å². The van der Waals surface area contributed by atoms with Crippen molar-refractivity contribution in [1.82, 2.24) is 14.7 Å². The zero-order chi connectivity index (χ0) is 21.0. The predicted molar refractivity (Wildman–Crippen MR) is 122 cm³/mol. The maximum Gasteiger partial charge on any atom is 0.257 e. The fourth-order valence-electron chi connectivity index (χ4n) is 4.06. The molecule has 1 aliphatic heterocycles. The van der Waals surface area contributed by atoms with Crippen LogP contribution in [0.15, 0.2) is 97.3 Å². The molecule has 5 nitrogen and oxygen atoms in total. The predicted octanol–water partition coefficient (Wildman–Crippen LogP) is 4.74. The van der Waals surface area contributed by atoms with E-state index >= 15 is 0 Å². The molecule has 1 aromatic heterocycles. The molecule has 5 rings (SSSR count). The summed E-state index contributed by atoms with van der Waals surface area (Å²) in [6.45, 7) is 1.32. The van der Waals surface area contributed by atoms with Gasteiger partial charge in [0.05, 0.1) is 18.3 Å². The first-order valence-electron chi connectivity index (χ1n) is 10.5. The van der Waals surface area contributed by atoms with Crippen molar-refractivity contribution in [3.63, 3.8) is 0 Å². The molecule has 5 heteroatoms. The van der Waals surface area contributed by atoms with Crippen LogP contribution >= 0.6 is 0 Å². The number of carbonyl (C=O) groups excluding carboxylic acids is 1. The van der Waals surface area contributed by atoms with Gasteiger partial charge >= 0.3 is 0 Å². The minimum atomic E-state index is -0.254. The van der Waals surface area contributed by atoms with Crippen LogP contribution in [0.25, 0.3) is 0 Å². The van der Waals surface area contributed by atoms with E-state index in [-0.39, 0.29) is 12.1 Å². The molecule has 4 aromatic rings. The zero-order valence-corrected chi connectivity index (χ0v) is 17.2. The number of nitrogens with one attached hydrogen (secondary N) is 1. The quantitative estimate of drug-likeness (QED) is 0.501. The van der Waals surface area contributed by atoms with E-state index in [9.17, 15) is 4.79 Å². The van der Waals surface area contributed by atoms with Crippen LogP contribution in [-0.2, 0) is 13.0 Å². The number of fused-ring (bicyclic) bond motifs is 1. The third-order valence-electron chi connectivity index (χ3n) is 5.66. The molecule has 0 aliphatic carbocycles. The van der Waals surface area contributed by atoms with Gasteiger partial charge in [0.2, 0.25) is 0 Å². The van der Waals surface area contributed by atoms with Crippen molar-refractivity contribution in [3.8, 4) is 0 Å². The maximum atomic E-state index is 13.4. The number of anilines is 1. The highest BCUT2D eigenvalue weighted by Crippen LogP contribution is 2.33. The highest BCUT2D eigenvalue weighted by Gasteiger charge is 2.33. The first-order chi connectivity index (χ1) is 15.3. The van der Waals surface area contributed by atoms with Gasteiger partial charge in [0, 0.05) is 24.0 Å². The van der Waals surface area contributed by atoms with E-state index < -0.39 is 0 Å². The van der Waals surface area contributed by atoms with Gasteiger partial charge in [-0.25, -0.2) is 0 Å². The summed E-state index contributed by atoms with van der Waals surface area (Å²) in [7, 11) is 0. The zero-order valence-electron chi connectivity index (χ0n) is 17.2. The summed E-state index contributed by atoms with van der Waals surface area (Å²) in [5.74, 6) is 0.0473. The van der Waals surface area contributed by atoms with Crippen LogP contribution in [0.1, 0.15) is 33.2 Å². The molecule has 0 radical (unpaired) electrons. The van der Waals surface area contributed by atoms with Crippen molar-refractivity contribution in [1.29, 1.82) is 0 Å². The normalized spacial score (nSPS) is 15.4. The van der Waals surface area contributed by atoms with Crippen molar-refractivity contribution in [2.45, 2.75) is 19.1 Å². The summed E-state index contributed by atoms with van der Waals surface area (Å²) in [5, 5.41) is 8.12. The Morgan fingerprint density at radius 1 is 0.839 bits per heavy atom. The minimum Gasteiger partial charge on any atom is -0.361 e. The van der Waals surface area contributed by atoms with Gasteiger partial charge < -0.3 is 10.2 Å². The molecule has 2 heterocycles. The summed E-state index contributed by atoms with van der Waals surface area (Å²) in [6.07, 6.45) is 4.43. The van der Waals surface area contributed by atoms with E-state index in [0.717, 1.165) is 17.7 Å². The molecule has 0 bridgehead atoms. The van der Waals surface area contributed by atoms with Crippen LogP contribution in [-0.4, -0.2) is 27.1 Å². The minimum absolute atomic E-state index is 0.0473. The summed E-state index contributed by atoms with van der Waals surface area (Å²) < 4.78 is 1.92. The van der Waals surface area contributed by atoms with E-state index in [4.69, 9.17) is 0 Å². The summed E-state index contributed by atoms with van der Waals surface area (Å²) in [6, 6.07) is 28.2. The lowest BCUT2D eigenvalue weighted by Gasteiger charge is -2.37. The smallest absolute Gasteiger partial charge is 0.257 e. The Bertz CT molecular complexity index is 1170. The second-order valence-electron chi connectivity index (χ2n) is 7.78. The number of carbonyl (C=O) groups is 1. The van der Waals surface area contributed by atoms with E-state index in [2.05, 4.69) is 34.7 Å². The Morgan fingerprint density at radius 2 is 1.52 bits per heavy atom. The Kier molecular flexibility index (Phi) is 5.23. The molecule has 31 heavy (non-hydrogen) atoms. The van der Waals surface area contributed by atoms with Crippen LogP contribution in [0.4, 0.5) is 5.69 Å². The van der Waals surface area contributed by atoms with Gasteiger partial charge in [-0.3, -0.25) is 9.48 Å². The first-order valence-corrected chi connectivity index (χ1v) is 10.5. The molecule has 0 saturated heterocycles. The van der Waals surface area contributed by atoms with E-state index in [1.807, 2.05) is 82.6 Å². The monoisotopic (exact) mass is 408 g/mol. The standard InChI is InChI=1S/C26H24N4O/c31-26-23-13-7-8-14-24(23)28-25(30(26)16-15-20-9-3-1-4-10-20)22-17-27-29(19-22)18-21-11-5-2-6-12-21/h1-14,17,19,25,28H,15-16,18H2/t25-/m1/s1. The fourth-order valence-corrected chi connectivity index (χ4v) is 4.06. The Balaban J connectivity index is 1.42. The molecule has 0 saturated carbocycles. The van der Waals surface area contributed by atoms with Crippen LogP contribution in [0, 0.1) is 0 Å². The third kappa shape index (κ3) is 4.08. The topological polar surface area (TPSA) is 50.2 Å². The molecule has 1 N–H and O–H groups in total. The Hall–Kier alpha value is -3.86. The van der Waals surface area contributed by atoms with Gasteiger partial charge in [-0.05, 0) is 29.7 Å². The average molecular weight is 409 g/mol. The molecule has 1 aliphatic rings. The number of nitrogens with zero attached hydrogens (tertiary/aromatic N) is 3. The van der Waals surface area contributed by atoms with E-state index in [1.54, 1.807) is 0 Å². The van der Waals surface area contributed by atoms with Gasteiger partial charge in [0.25, 0.3) is 5.91 Å². The Morgan fingerprint density at radius 3 is 2.29 bits per heavy atom. The van der Waals surface area contributed by atoms with Gasteiger partial charge in [-0.1, -0.05) is 72.8 Å². The van der Waals surface area contributed by atoms with Crippen molar-refractivity contribution in [2.75, 3.05) is 11.9 Å². The number of hydrogen-bond acceptors (Lipinski definition) is 3. The lowest BCUT2D eigenvalue weighted by atomic mass is 10.0. The number of amides is 1. The maximum absolute atomic E-state index is 13.4. The second-order valence-corrected chi connectivity index (χ2v) is 7.78. The molecule has 1 amide bonds. The van der Waals surface area contributed by atoms with Crippen LogP contribution in [0.3, 0.4) is 0 Å². The number of hydrogen-bond donors (Lipinski definition) is 1. The summed E-state index contributed by atoms with van der Waals surface area (Å²) >= 11 is 0. The molecule has 154 valence electrons. The molecule has 1 atom stereocenters. The number of aromatic nitrogens is 2.